The van der Waals surface area contributed by atoms with Crippen molar-refractivity contribution in [2.75, 3.05) is 25.6 Å². The number of hydrogen-bond donors (Lipinski definition) is 6. The van der Waals surface area contributed by atoms with Crippen LogP contribution in [0.15, 0.2) is 102 Å². The number of carboxylic acids is 3. The zero-order valence-electron chi connectivity index (χ0n) is 39.7. The van der Waals surface area contributed by atoms with Crippen LogP contribution in [0, 0.1) is 5.41 Å². The summed E-state index contributed by atoms with van der Waals surface area (Å²) in [5.41, 5.74) is 0.149. The zero-order chi connectivity index (χ0) is 52.2. The maximum Gasteiger partial charge on any atom is 0.352 e. The van der Waals surface area contributed by atoms with Crippen molar-refractivity contribution in [2.45, 2.75) is 92.8 Å². The van der Waals surface area contributed by atoms with Crippen LogP contribution in [0.25, 0.3) is 0 Å². The van der Waals surface area contributed by atoms with Gasteiger partial charge in [0, 0.05) is 10.5 Å². The van der Waals surface area contributed by atoms with E-state index in [2.05, 4.69) is 16.0 Å². The topological polar surface area (TPSA) is 288 Å². The van der Waals surface area contributed by atoms with Crippen molar-refractivity contribution in [3.05, 3.63) is 102 Å². The molecule has 8 atom stereocenters. The number of thioether (sulfide) groups is 2. The first kappa shape index (κ1) is 52.6. The van der Waals surface area contributed by atoms with E-state index in [0.717, 1.165) is 0 Å². The number of benzene rings is 3. The van der Waals surface area contributed by atoms with E-state index in [-0.39, 0.29) is 54.1 Å². The Morgan fingerprint density at radius 3 is 1.44 bits per heavy atom. The Kier molecular flexibility index (Phi) is 15.8. The van der Waals surface area contributed by atoms with E-state index < -0.39 is 81.9 Å². The molecule has 6 amide bonds. The summed E-state index contributed by atoms with van der Waals surface area (Å²) in [6.07, 6.45) is 0.542. The first-order chi connectivity index (χ1) is 34.1. The molecule has 23 heteroatoms. The van der Waals surface area contributed by atoms with Gasteiger partial charge in [0.1, 0.15) is 63.9 Å². The van der Waals surface area contributed by atoms with E-state index in [4.69, 9.17) is 14.2 Å². The summed E-state index contributed by atoms with van der Waals surface area (Å²) < 4.78 is 15.4. The number of β-lactam (4-membered cyclic amide) rings is 3. The number of hydrogen-bond acceptors (Lipinski definition) is 14. The molecule has 0 saturated carbocycles. The Morgan fingerprint density at radius 2 is 1.01 bits per heavy atom. The lowest BCUT2D eigenvalue weighted by atomic mass is 9.83. The summed E-state index contributed by atoms with van der Waals surface area (Å²) in [5, 5.41) is 35.2. The number of nitrogens with zero attached hydrogens (tertiary/aromatic N) is 3. The molecule has 0 spiro atoms. The zero-order valence-corrected chi connectivity index (χ0v) is 41.3. The van der Waals surface area contributed by atoms with Crippen LogP contribution >= 0.6 is 23.5 Å². The molecular formula is C49H54N6O15S2. The van der Waals surface area contributed by atoms with Gasteiger partial charge in [-0.3, -0.25) is 33.7 Å². The SMILES string of the molecule is CC1(C)CC2C(NC(=O)COc3ccccc3)C(=O)N2C1C(=O)O.CC1(C)SC2C(NC(=O)COc3ccccc3)C(=O)N2C1C(=O)O.CC1=C(C(=O)O)N2C(=O)C(NC(=O)COc3ccccc3)C2SC1. The quantitative estimate of drug-likeness (QED) is 0.119. The van der Waals surface area contributed by atoms with E-state index in [1.54, 1.807) is 93.6 Å². The molecule has 8 unspecified atom stereocenters. The third-order valence-electron chi connectivity index (χ3n) is 12.6. The van der Waals surface area contributed by atoms with Gasteiger partial charge in [-0.05, 0) is 74.6 Å². The molecule has 6 aliphatic heterocycles. The molecular weight excluding hydrogens is 977 g/mol. The van der Waals surface area contributed by atoms with Crippen molar-refractivity contribution < 1.29 is 72.7 Å². The molecule has 6 heterocycles. The molecule has 21 nitrogen and oxygen atoms in total. The van der Waals surface area contributed by atoms with E-state index in [9.17, 15) is 58.5 Å². The molecule has 3 aromatic rings. The van der Waals surface area contributed by atoms with Gasteiger partial charge in [-0.2, -0.15) is 0 Å². The summed E-state index contributed by atoms with van der Waals surface area (Å²) in [7, 11) is 0. The minimum absolute atomic E-state index is 0.0229. The smallest absolute Gasteiger partial charge is 0.352 e. The molecule has 72 heavy (non-hydrogen) atoms. The number of ether oxygens (including phenoxy) is 3. The third-order valence-corrected chi connectivity index (χ3v) is 15.6. The maximum absolute atomic E-state index is 12.3. The number of para-hydroxylation sites is 3. The first-order valence-corrected chi connectivity index (χ1v) is 24.6. The van der Waals surface area contributed by atoms with Crippen LogP contribution in [0.4, 0.5) is 0 Å². The predicted molar refractivity (Wildman–Crippen MR) is 259 cm³/mol. The Labute approximate surface area is 421 Å². The molecule has 5 saturated heterocycles. The summed E-state index contributed by atoms with van der Waals surface area (Å²) in [6, 6.07) is 22.6. The number of fused-ring (bicyclic) bond motifs is 3. The summed E-state index contributed by atoms with van der Waals surface area (Å²) >= 11 is 2.83. The van der Waals surface area contributed by atoms with Crippen LogP contribution < -0.4 is 30.2 Å². The Morgan fingerprint density at radius 1 is 0.597 bits per heavy atom. The summed E-state index contributed by atoms with van der Waals surface area (Å²) in [5.74, 6) is -3.27. The van der Waals surface area contributed by atoms with Crippen LogP contribution in [0.3, 0.4) is 0 Å². The summed E-state index contributed by atoms with van der Waals surface area (Å²) in [4.78, 5) is 111. The minimum atomic E-state index is -1.12. The van der Waals surface area contributed by atoms with Crippen LogP contribution in [-0.2, 0) is 43.2 Å². The van der Waals surface area contributed by atoms with Gasteiger partial charge >= 0.3 is 17.9 Å². The number of carboxylic acid groups (broad SMARTS) is 3. The van der Waals surface area contributed by atoms with Crippen molar-refractivity contribution in [3.8, 4) is 17.2 Å². The highest BCUT2D eigenvalue weighted by Gasteiger charge is 2.65. The van der Waals surface area contributed by atoms with Gasteiger partial charge in [0.2, 0.25) is 11.8 Å². The maximum atomic E-state index is 12.3. The van der Waals surface area contributed by atoms with Crippen molar-refractivity contribution in [1.82, 2.24) is 30.7 Å². The van der Waals surface area contributed by atoms with Gasteiger partial charge in [0.15, 0.2) is 19.8 Å². The Balaban J connectivity index is 0.000000158. The molecule has 382 valence electrons. The molecule has 3 aromatic carbocycles. The minimum Gasteiger partial charge on any atom is -0.484 e. The molecule has 0 aliphatic carbocycles. The van der Waals surface area contributed by atoms with Crippen LogP contribution in [0.1, 0.15) is 41.0 Å². The van der Waals surface area contributed by atoms with Crippen LogP contribution in [0.2, 0.25) is 0 Å². The van der Waals surface area contributed by atoms with Crippen molar-refractivity contribution in [3.63, 3.8) is 0 Å². The lowest BCUT2D eigenvalue weighted by molar-refractivity contribution is -0.163. The van der Waals surface area contributed by atoms with Crippen molar-refractivity contribution >= 4 is 76.9 Å². The van der Waals surface area contributed by atoms with E-state index in [1.807, 2.05) is 32.0 Å². The third kappa shape index (κ3) is 11.1. The van der Waals surface area contributed by atoms with Crippen molar-refractivity contribution in [1.29, 1.82) is 0 Å². The fourth-order valence-corrected chi connectivity index (χ4v) is 12.2. The number of nitrogens with one attached hydrogen (secondary N) is 3. The Bertz CT molecular complexity index is 2520. The second-order valence-corrected chi connectivity index (χ2v) is 21.5. The lowest BCUT2D eigenvalue weighted by Crippen LogP contribution is -2.71. The lowest BCUT2D eigenvalue weighted by Gasteiger charge is -2.49. The second kappa shape index (κ2) is 21.6. The van der Waals surface area contributed by atoms with Gasteiger partial charge in [-0.1, -0.05) is 68.4 Å². The highest BCUT2D eigenvalue weighted by Crippen LogP contribution is 2.51. The molecule has 9 rings (SSSR count). The highest BCUT2D eigenvalue weighted by molar-refractivity contribution is 8.01. The average molecular weight is 1030 g/mol. The molecule has 0 bridgehead atoms. The fourth-order valence-electron chi connectivity index (χ4n) is 9.30. The van der Waals surface area contributed by atoms with Gasteiger partial charge < -0.3 is 55.3 Å². The van der Waals surface area contributed by atoms with Crippen molar-refractivity contribution in [2.24, 2.45) is 5.41 Å². The Hall–Kier alpha value is -7.27. The monoisotopic (exact) mass is 1030 g/mol. The molecule has 5 fully saturated rings. The van der Waals surface area contributed by atoms with Gasteiger partial charge in [0.25, 0.3) is 23.6 Å². The number of carbonyl (C=O) groups excluding carboxylic acids is 6. The molecule has 6 aliphatic rings. The highest BCUT2D eigenvalue weighted by atomic mass is 32.2. The largest absolute Gasteiger partial charge is 0.484 e. The van der Waals surface area contributed by atoms with Crippen LogP contribution in [-0.4, -0.2) is 161 Å². The van der Waals surface area contributed by atoms with Gasteiger partial charge in [0.05, 0.1) is 6.04 Å². The molecule has 0 radical (unpaired) electrons. The fraction of sp³-hybridized carbons (Fsp3) is 0.408. The number of rotatable bonds is 15. The van der Waals surface area contributed by atoms with E-state index >= 15 is 0 Å². The first-order valence-electron chi connectivity index (χ1n) is 22.7. The normalized spacial score (nSPS) is 25.6. The standard InChI is InChI=1S/C17H20N2O5.C16H18N2O5S.C16H16N2O5S/c1-17(2)8-11-13(15(21)19(11)14(17)16(22)23)18-12(20)9-24-10-6-4-3-5-7-10;1-16(2)12(15(21)22)18-13(20)11(14(18)24-16)17-10(19)8-23-9-6-4-3-5-7-9;1-9-8-24-15-12(14(20)18(15)13(9)16(21)22)17-11(19)7-23-10-5-3-2-4-6-10/h3-7,11,13-14H,8-9H2,1-2H3,(H,18,20)(H,22,23);3-7,11-12,14H,8H2,1-2H3,(H,17,19)(H,21,22);2-6,12,15H,7-8H2,1H3,(H,17,19)(H,21,22). The average Bonchev–Trinajstić information content (AvgIpc) is 3.77. The second-order valence-electron chi connectivity index (χ2n) is 18.6. The van der Waals surface area contributed by atoms with Gasteiger partial charge in [-0.25, -0.2) is 14.4 Å². The summed E-state index contributed by atoms with van der Waals surface area (Å²) in [6.45, 7) is 8.34. The molecule has 0 aromatic heterocycles. The number of amides is 6. The van der Waals surface area contributed by atoms with Gasteiger partial charge in [-0.15, -0.1) is 23.5 Å². The van der Waals surface area contributed by atoms with E-state index in [1.165, 1.54) is 38.2 Å². The number of aliphatic carboxylic acids is 3. The molecule has 6 N–H and O–H groups in total. The number of carbonyl (C=O) groups is 9. The van der Waals surface area contributed by atoms with Crippen LogP contribution in [0.5, 0.6) is 17.2 Å². The van der Waals surface area contributed by atoms with E-state index in [0.29, 0.717) is 35.0 Å². The predicted octanol–water partition coefficient (Wildman–Crippen LogP) is 2.17.